The zero-order valence-electron chi connectivity index (χ0n) is 21.1. The Kier molecular flexibility index (Phi) is 7.66. The van der Waals surface area contributed by atoms with Crippen LogP contribution in [0.5, 0.6) is 11.5 Å². The van der Waals surface area contributed by atoms with Gasteiger partial charge in [-0.15, -0.1) is 0 Å². The van der Waals surface area contributed by atoms with Crippen molar-refractivity contribution in [3.05, 3.63) is 113 Å². The molecule has 0 spiro atoms. The minimum Gasteiger partial charge on any atom is -0.493 e. The van der Waals surface area contributed by atoms with Crippen molar-refractivity contribution in [2.75, 3.05) is 25.5 Å². The average molecular weight is 509 g/mol. The summed E-state index contributed by atoms with van der Waals surface area (Å²) in [5.41, 5.74) is 2.76. The lowest BCUT2D eigenvalue weighted by Gasteiger charge is -2.17. The molecule has 0 aliphatic rings. The third-order valence-electron chi connectivity index (χ3n) is 6.08. The highest BCUT2D eigenvalue weighted by Gasteiger charge is 2.09. The molecule has 1 heterocycles. The summed E-state index contributed by atoms with van der Waals surface area (Å²) in [5.74, 6) is 1.15. The van der Waals surface area contributed by atoms with E-state index < -0.39 is 6.09 Å². The predicted octanol–water partition coefficient (Wildman–Crippen LogP) is 6.46. The van der Waals surface area contributed by atoms with E-state index in [0.717, 1.165) is 18.5 Å². The highest BCUT2D eigenvalue weighted by molar-refractivity contribution is 5.90. The zero-order chi connectivity index (χ0) is 26.3. The lowest BCUT2D eigenvalue weighted by Crippen LogP contribution is -2.21. The average Bonchev–Trinajstić information content (AvgIpc) is 2.92. The number of rotatable bonds is 9. The van der Waals surface area contributed by atoms with Crippen LogP contribution in [0.2, 0.25) is 0 Å². The largest absolute Gasteiger partial charge is 0.493 e. The number of anilines is 1. The number of nitrogens with one attached hydrogen (secondary N) is 1. The van der Waals surface area contributed by atoms with Crippen molar-refractivity contribution in [1.29, 1.82) is 0 Å². The van der Waals surface area contributed by atoms with Crippen LogP contribution in [0, 0.1) is 0 Å². The number of benzene rings is 4. The van der Waals surface area contributed by atoms with Crippen LogP contribution in [-0.4, -0.2) is 31.2 Å². The van der Waals surface area contributed by atoms with Gasteiger partial charge >= 0.3 is 6.09 Å². The van der Waals surface area contributed by atoms with E-state index in [1.165, 1.54) is 0 Å². The lowest BCUT2D eigenvalue weighted by molar-refractivity contribution is 0.215. The van der Waals surface area contributed by atoms with Crippen molar-refractivity contribution in [2.45, 2.75) is 13.0 Å². The van der Waals surface area contributed by atoms with Gasteiger partial charge in [0, 0.05) is 24.8 Å². The number of para-hydroxylation sites is 2. The highest BCUT2D eigenvalue weighted by atomic mass is 16.6. The van der Waals surface area contributed by atoms with Crippen LogP contribution in [0.15, 0.2) is 106 Å². The maximum absolute atomic E-state index is 12.7. The van der Waals surface area contributed by atoms with Gasteiger partial charge < -0.3 is 18.8 Å². The standard InChI is InChI=1S/C31H28N2O5/c1-33(21-22-9-7-12-25(19-22)37-31(35)32-23-10-3-2-4-11-23)17-8-18-36-24-15-16-27-29(20-24)38-28-14-6-5-13-26(28)30(27)34/h2-7,9-16,19-20H,8,17-18,21H2,1H3,(H,32,35). The molecule has 7 heteroatoms. The predicted molar refractivity (Wildman–Crippen MR) is 149 cm³/mol. The second-order valence-electron chi connectivity index (χ2n) is 9.05. The molecule has 0 unspecified atom stereocenters. The Morgan fingerprint density at radius 1 is 0.842 bits per heavy atom. The molecule has 1 aromatic heterocycles. The molecule has 0 aliphatic heterocycles. The van der Waals surface area contributed by atoms with Crippen LogP contribution in [0.4, 0.5) is 10.5 Å². The van der Waals surface area contributed by atoms with Crippen LogP contribution in [0.1, 0.15) is 12.0 Å². The monoisotopic (exact) mass is 508 g/mol. The number of hydrogen-bond acceptors (Lipinski definition) is 6. The van der Waals surface area contributed by atoms with Gasteiger partial charge in [0.15, 0.2) is 0 Å². The smallest absolute Gasteiger partial charge is 0.417 e. The van der Waals surface area contributed by atoms with Crippen LogP contribution in [-0.2, 0) is 6.54 Å². The fourth-order valence-electron chi connectivity index (χ4n) is 4.27. The molecular weight excluding hydrogens is 480 g/mol. The van der Waals surface area contributed by atoms with Crippen molar-refractivity contribution in [2.24, 2.45) is 0 Å². The van der Waals surface area contributed by atoms with Crippen molar-refractivity contribution < 1.29 is 18.7 Å². The zero-order valence-corrected chi connectivity index (χ0v) is 21.1. The summed E-state index contributed by atoms with van der Waals surface area (Å²) in [6, 6.07) is 29.2. The number of hydrogen-bond donors (Lipinski definition) is 1. The first-order chi connectivity index (χ1) is 18.5. The van der Waals surface area contributed by atoms with Crippen molar-refractivity contribution in [3.63, 3.8) is 0 Å². The first-order valence-electron chi connectivity index (χ1n) is 12.4. The normalized spacial score (nSPS) is 11.1. The molecule has 38 heavy (non-hydrogen) atoms. The van der Waals surface area contributed by atoms with Crippen LogP contribution < -0.4 is 20.2 Å². The number of ether oxygens (including phenoxy) is 2. The Morgan fingerprint density at radius 2 is 1.63 bits per heavy atom. The molecule has 0 saturated carbocycles. The Hall–Kier alpha value is -4.62. The molecule has 0 bridgehead atoms. The van der Waals surface area contributed by atoms with E-state index in [-0.39, 0.29) is 5.43 Å². The van der Waals surface area contributed by atoms with E-state index in [0.29, 0.717) is 52.3 Å². The molecule has 5 aromatic rings. The Bertz CT molecular complexity index is 1610. The minimum absolute atomic E-state index is 0.0404. The number of nitrogens with zero attached hydrogens (tertiary/aromatic N) is 1. The maximum atomic E-state index is 12.7. The first kappa shape index (κ1) is 25.0. The molecule has 5 rings (SSSR count). The molecule has 0 atom stereocenters. The molecule has 7 nitrogen and oxygen atoms in total. The molecule has 1 N–H and O–H groups in total. The van der Waals surface area contributed by atoms with Crippen LogP contribution in [0.25, 0.3) is 21.9 Å². The summed E-state index contributed by atoms with van der Waals surface area (Å²) in [5, 5.41) is 3.83. The van der Waals surface area contributed by atoms with E-state index in [9.17, 15) is 9.59 Å². The van der Waals surface area contributed by atoms with E-state index >= 15 is 0 Å². The molecule has 192 valence electrons. The molecule has 1 amide bonds. The van der Waals surface area contributed by atoms with Gasteiger partial charge in [-0.2, -0.15) is 0 Å². The number of amides is 1. The molecule has 0 radical (unpaired) electrons. The number of carbonyl (C=O) groups excluding carboxylic acids is 1. The van der Waals surface area contributed by atoms with Gasteiger partial charge in [0.25, 0.3) is 0 Å². The van der Waals surface area contributed by atoms with Gasteiger partial charge in [0.1, 0.15) is 22.7 Å². The summed E-state index contributed by atoms with van der Waals surface area (Å²) in [6.45, 7) is 2.04. The van der Waals surface area contributed by atoms with Crippen molar-refractivity contribution in [1.82, 2.24) is 4.90 Å². The van der Waals surface area contributed by atoms with Crippen molar-refractivity contribution in [3.8, 4) is 11.5 Å². The van der Waals surface area contributed by atoms with Gasteiger partial charge in [0.05, 0.1) is 17.4 Å². The van der Waals surface area contributed by atoms with Gasteiger partial charge in [0.2, 0.25) is 5.43 Å². The molecule has 0 saturated heterocycles. The van der Waals surface area contributed by atoms with E-state index in [4.69, 9.17) is 13.9 Å². The van der Waals surface area contributed by atoms with Gasteiger partial charge in [-0.05, 0) is 67.6 Å². The summed E-state index contributed by atoms with van der Waals surface area (Å²) in [4.78, 5) is 27.1. The fraction of sp³-hybridized carbons (Fsp3) is 0.161. The first-order valence-corrected chi connectivity index (χ1v) is 12.4. The summed E-state index contributed by atoms with van der Waals surface area (Å²) in [7, 11) is 2.03. The third kappa shape index (κ3) is 6.19. The van der Waals surface area contributed by atoms with Crippen LogP contribution >= 0.6 is 0 Å². The topological polar surface area (TPSA) is 81.0 Å². The minimum atomic E-state index is -0.528. The van der Waals surface area contributed by atoms with E-state index in [1.54, 1.807) is 48.5 Å². The maximum Gasteiger partial charge on any atom is 0.417 e. The Balaban J connectivity index is 1.10. The van der Waals surface area contributed by atoms with Crippen molar-refractivity contribution >= 4 is 33.7 Å². The summed E-state index contributed by atoms with van der Waals surface area (Å²) >= 11 is 0. The molecule has 0 fully saturated rings. The summed E-state index contributed by atoms with van der Waals surface area (Å²) < 4.78 is 17.3. The fourth-order valence-corrected chi connectivity index (χ4v) is 4.27. The second-order valence-corrected chi connectivity index (χ2v) is 9.05. The lowest BCUT2D eigenvalue weighted by atomic mass is 10.1. The van der Waals surface area contributed by atoms with E-state index in [2.05, 4.69) is 10.2 Å². The summed E-state index contributed by atoms with van der Waals surface area (Å²) in [6.07, 6.45) is 0.284. The van der Waals surface area contributed by atoms with E-state index in [1.807, 2.05) is 55.6 Å². The highest BCUT2D eigenvalue weighted by Crippen LogP contribution is 2.23. The molecule has 0 aliphatic carbocycles. The van der Waals surface area contributed by atoms with Gasteiger partial charge in [-0.25, -0.2) is 4.79 Å². The Labute approximate surface area is 220 Å². The van der Waals surface area contributed by atoms with Gasteiger partial charge in [-0.3, -0.25) is 10.1 Å². The van der Waals surface area contributed by atoms with Crippen LogP contribution in [0.3, 0.4) is 0 Å². The van der Waals surface area contributed by atoms with Gasteiger partial charge in [-0.1, -0.05) is 42.5 Å². The number of fused-ring (bicyclic) bond motifs is 2. The SMILES string of the molecule is CN(CCCOc1ccc2c(=O)c3ccccc3oc2c1)Cc1cccc(OC(=O)Nc2ccccc2)c1. The Morgan fingerprint density at radius 3 is 2.50 bits per heavy atom. The third-order valence-corrected chi connectivity index (χ3v) is 6.08. The molecule has 4 aromatic carbocycles. The quantitative estimate of drug-likeness (QED) is 0.182. The number of carbonyl (C=O) groups is 1. The second kappa shape index (κ2) is 11.6. The molecular formula is C31H28N2O5.